The lowest BCUT2D eigenvalue weighted by atomic mass is 10.0. The van der Waals surface area contributed by atoms with Crippen LogP contribution in [0.25, 0.3) is 0 Å². The molecule has 1 fully saturated rings. The molecule has 0 radical (unpaired) electrons. The van der Waals surface area contributed by atoms with Crippen molar-refractivity contribution >= 4 is 17.9 Å². The summed E-state index contributed by atoms with van der Waals surface area (Å²) in [4.78, 5) is 37.5. The number of amides is 3. The molecule has 0 aliphatic carbocycles. The fourth-order valence-corrected chi connectivity index (χ4v) is 2.44. The third-order valence-electron chi connectivity index (χ3n) is 3.24. The first-order chi connectivity index (χ1) is 9.32. The predicted octanol–water partition coefficient (Wildman–Crippen LogP) is 0.489. The minimum atomic E-state index is -0.998. The predicted molar refractivity (Wildman–Crippen MR) is 73.0 cm³/mol. The molecule has 3 amide bonds. The summed E-state index contributed by atoms with van der Waals surface area (Å²) in [5, 5.41) is 9.20. The van der Waals surface area contributed by atoms with Gasteiger partial charge in [0.1, 0.15) is 12.6 Å². The maximum Gasteiger partial charge on any atom is 0.326 e. The van der Waals surface area contributed by atoms with Gasteiger partial charge in [-0.25, -0.2) is 9.59 Å². The van der Waals surface area contributed by atoms with Crippen molar-refractivity contribution < 1.29 is 19.5 Å². The molecule has 1 atom stereocenters. The van der Waals surface area contributed by atoms with Crippen LogP contribution in [0.15, 0.2) is 0 Å². The Morgan fingerprint density at radius 1 is 1.35 bits per heavy atom. The van der Waals surface area contributed by atoms with E-state index in [2.05, 4.69) is 0 Å². The van der Waals surface area contributed by atoms with Gasteiger partial charge in [0.2, 0.25) is 5.91 Å². The number of likely N-dealkylation sites (tertiary alicyclic amines) is 1. The molecule has 0 aromatic heterocycles. The molecule has 3 N–H and O–H groups in total. The van der Waals surface area contributed by atoms with Gasteiger partial charge < -0.3 is 20.6 Å². The second kappa shape index (κ2) is 7.12. The molecular weight excluding hydrogens is 262 g/mol. The maximum absolute atomic E-state index is 12.5. The van der Waals surface area contributed by atoms with E-state index in [1.54, 1.807) is 0 Å². The van der Waals surface area contributed by atoms with Crippen LogP contribution in [0.1, 0.15) is 33.1 Å². The zero-order valence-corrected chi connectivity index (χ0v) is 12.0. The number of aliphatic carboxylic acids is 1. The van der Waals surface area contributed by atoms with Crippen molar-refractivity contribution in [3.05, 3.63) is 0 Å². The van der Waals surface area contributed by atoms with E-state index < -0.39 is 23.9 Å². The van der Waals surface area contributed by atoms with E-state index >= 15 is 0 Å². The lowest BCUT2D eigenvalue weighted by Crippen LogP contribution is -2.55. The maximum atomic E-state index is 12.5. The smallest absolute Gasteiger partial charge is 0.326 e. The van der Waals surface area contributed by atoms with Crippen LogP contribution in [0.2, 0.25) is 0 Å². The van der Waals surface area contributed by atoms with Gasteiger partial charge in [0.05, 0.1) is 0 Å². The fourth-order valence-electron chi connectivity index (χ4n) is 2.44. The lowest BCUT2D eigenvalue weighted by molar-refractivity contribution is -0.143. The number of carboxylic acid groups (broad SMARTS) is 1. The van der Waals surface area contributed by atoms with Crippen molar-refractivity contribution in [1.82, 2.24) is 9.80 Å². The Balaban J connectivity index is 2.84. The van der Waals surface area contributed by atoms with Crippen LogP contribution in [0, 0.1) is 5.92 Å². The minimum Gasteiger partial charge on any atom is -0.480 e. The van der Waals surface area contributed by atoms with E-state index in [-0.39, 0.29) is 12.5 Å². The number of carbonyl (C=O) groups excluding carboxylic acids is 2. The van der Waals surface area contributed by atoms with E-state index in [4.69, 9.17) is 5.73 Å². The second-order valence-electron chi connectivity index (χ2n) is 5.57. The van der Waals surface area contributed by atoms with E-state index in [1.165, 1.54) is 9.80 Å². The molecule has 0 bridgehead atoms. The highest BCUT2D eigenvalue weighted by atomic mass is 16.4. The van der Waals surface area contributed by atoms with Crippen molar-refractivity contribution in [3.8, 4) is 0 Å². The van der Waals surface area contributed by atoms with Crippen LogP contribution >= 0.6 is 0 Å². The van der Waals surface area contributed by atoms with Gasteiger partial charge in [-0.15, -0.1) is 0 Å². The largest absolute Gasteiger partial charge is 0.480 e. The molecule has 0 aromatic carbocycles. The van der Waals surface area contributed by atoms with Crippen molar-refractivity contribution in [1.29, 1.82) is 0 Å². The van der Waals surface area contributed by atoms with Crippen LogP contribution in [0.3, 0.4) is 0 Å². The Hall–Kier alpha value is -1.79. The number of carbonyl (C=O) groups is 3. The Labute approximate surface area is 118 Å². The number of hydrogen-bond acceptors (Lipinski definition) is 3. The molecule has 1 rings (SSSR count). The van der Waals surface area contributed by atoms with Gasteiger partial charge in [-0.2, -0.15) is 0 Å². The van der Waals surface area contributed by atoms with Gasteiger partial charge >= 0.3 is 12.0 Å². The highest BCUT2D eigenvalue weighted by Crippen LogP contribution is 2.19. The molecule has 0 saturated carbocycles. The molecule has 1 heterocycles. The standard InChI is InChI=1S/C13H23N3O4/c1-9(2)7-15(8-11(14)17)13(20)16-6-4-3-5-10(16)12(18)19/h9-10H,3-8H2,1-2H3,(H2,14,17)(H,18,19). The summed E-state index contributed by atoms with van der Waals surface area (Å²) in [6.07, 6.45) is 2.02. The molecule has 7 nitrogen and oxygen atoms in total. The summed E-state index contributed by atoms with van der Waals surface area (Å²) >= 11 is 0. The fraction of sp³-hybridized carbons (Fsp3) is 0.769. The number of urea groups is 1. The SMILES string of the molecule is CC(C)CN(CC(N)=O)C(=O)N1CCCCC1C(=O)O. The number of piperidine rings is 1. The van der Waals surface area contributed by atoms with Crippen LogP contribution < -0.4 is 5.73 Å². The topological polar surface area (TPSA) is 104 Å². The van der Waals surface area contributed by atoms with E-state index in [0.29, 0.717) is 19.5 Å². The van der Waals surface area contributed by atoms with Gasteiger partial charge in [-0.1, -0.05) is 13.8 Å². The van der Waals surface area contributed by atoms with E-state index in [1.807, 2.05) is 13.8 Å². The number of nitrogens with two attached hydrogens (primary N) is 1. The molecule has 1 aliphatic rings. The van der Waals surface area contributed by atoms with Gasteiger partial charge in [0, 0.05) is 13.1 Å². The monoisotopic (exact) mass is 285 g/mol. The summed E-state index contributed by atoms with van der Waals surface area (Å²) in [5.74, 6) is -1.42. The average Bonchev–Trinajstić information content (AvgIpc) is 2.36. The van der Waals surface area contributed by atoms with Crippen LogP contribution in [-0.4, -0.2) is 58.5 Å². The number of carboxylic acids is 1. The lowest BCUT2D eigenvalue weighted by Gasteiger charge is -2.37. The number of nitrogens with zero attached hydrogens (tertiary/aromatic N) is 2. The second-order valence-corrected chi connectivity index (χ2v) is 5.57. The van der Waals surface area contributed by atoms with Crippen LogP contribution in [0.5, 0.6) is 0 Å². The van der Waals surface area contributed by atoms with Crippen molar-refractivity contribution in [3.63, 3.8) is 0 Å². The Morgan fingerprint density at radius 2 is 2.00 bits per heavy atom. The molecular formula is C13H23N3O4. The molecule has 1 saturated heterocycles. The quantitative estimate of drug-likeness (QED) is 0.767. The molecule has 1 unspecified atom stereocenters. The zero-order valence-electron chi connectivity index (χ0n) is 12.0. The Kier molecular flexibility index (Phi) is 5.79. The van der Waals surface area contributed by atoms with Gasteiger partial charge in [-0.3, -0.25) is 4.79 Å². The highest BCUT2D eigenvalue weighted by Gasteiger charge is 2.34. The first kappa shape index (κ1) is 16.3. The molecule has 7 heteroatoms. The molecule has 20 heavy (non-hydrogen) atoms. The Morgan fingerprint density at radius 3 is 2.50 bits per heavy atom. The normalized spacial score (nSPS) is 18.9. The number of hydrogen-bond donors (Lipinski definition) is 2. The van der Waals surface area contributed by atoms with Crippen molar-refractivity contribution in [2.75, 3.05) is 19.6 Å². The minimum absolute atomic E-state index is 0.173. The van der Waals surface area contributed by atoms with Crippen LogP contribution in [0.4, 0.5) is 4.79 Å². The highest BCUT2D eigenvalue weighted by molar-refractivity contribution is 5.86. The first-order valence-corrected chi connectivity index (χ1v) is 6.89. The van der Waals surface area contributed by atoms with Gasteiger partial charge in [0.15, 0.2) is 0 Å². The molecule has 0 aromatic rings. The average molecular weight is 285 g/mol. The third-order valence-corrected chi connectivity index (χ3v) is 3.24. The summed E-state index contributed by atoms with van der Waals surface area (Å²) in [5.41, 5.74) is 5.16. The third kappa shape index (κ3) is 4.40. The Bertz CT molecular complexity index is 384. The summed E-state index contributed by atoms with van der Waals surface area (Å²) < 4.78 is 0. The van der Waals surface area contributed by atoms with Gasteiger partial charge in [0.25, 0.3) is 0 Å². The van der Waals surface area contributed by atoms with Crippen molar-refractivity contribution in [2.24, 2.45) is 11.7 Å². The van der Waals surface area contributed by atoms with Gasteiger partial charge in [-0.05, 0) is 25.2 Å². The molecule has 0 spiro atoms. The van der Waals surface area contributed by atoms with E-state index in [0.717, 1.165) is 12.8 Å². The first-order valence-electron chi connectivity index (χ1n) is 6.89. The molecule has 114 valence electrons. The summed E-state index contributed by atoms with van der Waals surface area (Å²) in [6.45, 7) is 4.45. The summed E-state index contributed by atoms with van der Waals surface area (Å²) in [7, 11) is 0. The number of rotatable bonds is 5. The van der Waals surface area contributed by atoms with Crippen LogP contribution in [-0.2, 0) is 9.59 Å². The molecule has 1 aliphatic heterocycles. The van der Waals surface area contributed by atoms with Crippen molar-refractivity contribution in [2.45, 2.75) is 39.2 Å². The zero-order chi connectivity index (χ0) is 15.3. The van der Waals surface area contributed by atoms with E-state index in [9.17, 15) is 19.5 Å². The number of primary amides is 1. The summed E-state index contributed by atoms with van der Waals surface area (Å²) in [6, 6.07) is -1.22.